The molecule has 0 unspecified atom stereocenters. The van der Waals surface area contributed by atoms with Crippen molar-refractivity contribution in [1.29, 1.82) is 0 Å². The summed E-state index contributed by atoms with van der Waals surface area (Å²) < 4.78 is 0.699. The van der Waals surface area contributed by atoms with E-state index in [-0.39, 0.29) is 11.8 Å². The molecule has 19 heavy (non-hydrogen) atoms. The highest BCUT2D eigenvalue weighted by Gasteiger charge is 2.33. The van der Waals surface area contributed by atoms with Gasteiger partial charge in [-0.2, -0.15) is 0 Å². The molecule has 0 aliphatic carbocycles. The lowest BCUT2D eigenvalue weighted by Gasteiger charge is -2.29. The Kier molecular flexibility index (Phi) is 5.05. The number of hydrogen-bond acceptors (Lipinski definition) is 3. The molecule has 0 saturated carbocycles. The Labute approximate surface area is 121 Å². The van der Waals surface area contributed by atoms with Crippen LogP contribution < -0.4 is 11.1 Å². The summed E-state index contributed by atoms with van der Waals surface area (Å²) in [5.41, 5.74) is 4.72. The minimum atomic E-state index is -1.06. The molecule has 1 aromatic heterocycles. The van der Waals surface area contributed by atoms with E-state index in [4.69, 9.17) is 5.73 Å². The van der Waals surface area contributed by atoms with Gasteiger partial charge in [-0.25, -0.2) is 0 Å². The van der Waals surface area contributed by atoms with Gasteiger partial charge in [-0.1, -0.05) is 13.8 Å². The summed E-state index contributed by atoms with van der Waals surface area (Å²) in [5.74, 6) is -0.674. The first-order valence-corrected chi connectivity index (χ1v) is 6.77. The highest BCUT2D eigenvalue weighted by atomic mass is 79.9. The second-order valence-corrected chi connectivity index (χ2v) is 6.06. The van der Waals surface area contributed by atoms with Crippen LogP contribution in [-0.2, 0) is 4.79 Å². The standard InChI is InChI=1S/C13H18BrN3O2/c1-8(2)5-13(3,12(15)19)17-11(18)9-4-10(14)7-16-6-9/h4,6-8H,5H2,1-3H3,(H2,15,19)(H,17,18)/t13-/m1/s1. The highest BCUT2D eigenvalue weighted by Crippen LogP contribution is 2.17. The fraction of sp³-hybridized carbons (Fsp3) is 0.462. The van der Waals surface area contributed by atoms with Gasteiger partial charge in [-0.3, -0.25) is 14.6 Å². The molecule has 0 radical (unpaired) electrons. The summed E-state index contributed by atoms with van der Waals surface area (Å²) in [7, 11) is 0. The molecule has 1 heterocycles. The lowest BCUT2D eigenvalue weighted by molar-refractivity contribution is -0.124. The predicted octanol–water partition coefficient (Wildman–Crippen LogP) is 1.86. The van der Waals surface area contributed by atoms with Crippen LogP contribution in [0.2, 0.25) is 0 Å². The topological polar surface area (TPSA) is 85.1 Å². The summed E-state index contributed by atoms with van der Waals surface area (Å²) >= 11 is 3.25. The third-order valence-corrected chi connectivity index (χ3v) is 3.15. The minimum absolute atomic E-state index is 0.235. The molecule has 1 rings (SSSR count). The van der Waals surface area contributed by atoms with Gasteiger partial charge < -0.3 is 11.1 Å². The van der Waals surface area contributed by atoms with Crippen LogP contribution in [0, 0.1) is 5.92 Å². The Bertz CT molecular complexity index is 491. The number of aromatic nitrogens is 1. The van der Waals surface area contributed by atoms with Gasteiger partial charge in [0.05, 0.1) is 5.56 Å². The Morgan fingerprint density at radius 2 is 2.11 bits per heavy atom. The highest BCUT2D eigenvalue weighted by molar-refractivity contribution is 9.10. The van der Waals surface area contributed by atoms with E-state index in [0.29, 0.717) is 16.5 Å². The average molecular weight is 328 g/mol. The van der Waals surface area contributed by atoms with E-state index in [1.165, 1.54) is 6.20 Å². The van der Waals surface area contributed by atoms with Gasteiger partial charge in [0.15, 0.2) is 0 Å². The van der Waals surface area contributed by atoms with Crippen molar-refractivity contribution in [1.82, 2.24) is 10.3 Å². The summed E-state index contributed by atoms with van der Waals surface area (Å²) in [4.78, 5) is 27.6. The minimum Gasteiger partial charge on any atom is -0.368 e. The van der Waals surface area contributed by atoms with Crippen molar-refractivity contribution in [2.45, 2.75) is 32.7 Å². The SMILES string of the molecule is CC(C)C[C@@](C)(NC(=O)c1cncc(Br)c1)C(N)=O. The van der Waals surface area contributed by atoms with E-state index in [1.54, 1.807) is 19.2 Å². The number of pyridine rings is 1. The fourth-order valence-electron chi connectivity index (χ4n) is 1.89. The van der Waals surface area contributed by atoms with Crippen LogP contribution in [0.15, 0.2) is 22.9 Å². The van der Waals surface area contributed by atoms with Gasteiger partial charge in [-0.05, 0) is 41.3 Å². The lowest BCUT2D eigenvalue weighted by atomic mass is 9.89. The van der Waals surface area contributed by atoms with Crippen LogP contribution >= 0.6 is 15.9 Å². The number of carbonyl (C=O) groups excluding carboxylic acids is 2. The summed E-state index contributed by atoms with van der Waals surface area (Å²) in [6.07, 6.45) is 3.50. The molecule has 0 aliphatic heterocycles. The first-order chi connectivity index (χ1) is 8.74. The molecule has 3 N–H and O–H groups in total. The van der Waals surface area contributed by atoms with Crippen molar-refractivity contribution in [2.24, 2.45) is 11.7 Å². The largest absolute Gasteiger partial charge is 0.368 e. The molecule has 0 aliphatic rings. The number of nitrogens with zero attached hydrogens (tertiary/aromatic N) is 1. The van der Waals surface area contributed by atoms with Crippen LogP contribution in [0.1, 0.15) is 37.6 Å². The fourth-order valence-corrected chi connectivity index (χ4v) is 2.25. The Morgan fingerprint density at radius 3 is 2.58 bits per heavy atom. The maximum Gasteiger partial charge on any atom is 0.253 e. The number of nitrogens with two attached hydrogens (primary N) is 1. The number of nitrogens with one attached hydrogen (secondary N) is 1. The summed E-state index contributed by atoms with van der Waals surface area (Å²) in [6.45, 7) is 5.57. The molecular weight excluding hydrogens is 310 g/mol. The second-order valence-electron chi connectivity index (χ2n) is 5.14. The van der Waals surface area contributed by atoms with Crippen LogP contribution in [-0.4, -0.2) is 22.3 Å². The zero-order valence-electron chi connectivity index (χ0n) is 11.2. The molecule has 2 amide bonds. The summed E-state index contributed by atoms with van der Waals surface area (Å²) in [6, 6.07) is 1.64. The third-order valence-electron chi connectivity index (χ3n) is 2.72. The Morgan fingerprint density at radius 1 is 1.47 bits per heavy atom. The normalized spacial score (nSPS) is 13.9. The van der Waals surface area contributed by atoms with E-state index in [0.717, 1.165) is 0 Å². The predicted molar refractivity (Wildman–Crippen MR) is 76.5 cm³/mol. The van der Waals surface area contributed by atoms with Gasteiger partial charge in [0.2, 0.25) is 5.91 Å². The quantitative estimate of drug-likeness (QED) is 0.865. The first-order valence-electron chi connectivity index (χ1n) is 5.97. The number of hydrogen-bond donors (Lipinski definition) is 2. The molecule has 1 atom stereocenters. The van der Waals surface area contributed by atoms with E-state index in [1.807, 2.05) is 13.8 Å². The molecular formula is C13H18BrN3O2. The molecule has 0 aromatic carbocycles. The van der Waals surface area contributed by atoms with E-state index in [2.05, 4.69) is 26.2 Å². The van der Waals surface area contributed by atoms with E-state index >= 15 is 0 Å². The van der Waals surface area contributed by atoms with Crippen molar-refractivity contribution >= 4 is 27.7 Å². The van der Waals surface area contributed by atoms with Crippen LogP contribution in [0.3, 0.4) is 0 Å². The maximum atomic E-state index is 12.1. The molecule has 1 aromatic rings. The first kappa shape index (κ1) is 15.6. The zero-order chi connectivity index (χ0) is 14.6. The smallest absolute Gasteiger partial charge is 0.253 e. The average Bonchev–Trinajstić information content (AvgIpc) is 2.27. The molecule has 104 valence electrons. The van der Waals surface area contributed by atoms with Gasteiger partial charge in [0.1, 0.15) is 5.54 Å². The maximum absolute atomic E-state index is 12.1. The van der Waals surface area contributed by atoms with E-state index in [9.17, 15) is 9.59 Å². The molecule has 0 fully saturated rings. The van der Waals surface area contributed by atoms with Crippen LogP contribution in [0.5, 0.6) is 0 Å². The number of rotatable bonds is 5. The van der Waals surface area contributed by atoms with Crippen molar-refractivity contribution in [2.75, 3.05) is 0 Å². The number of primary amides is 1. The molecule has 5 nitrogen and oxygen atoms in total. The Hall–Kier alpha value is -1.43. The molecule has 0 saturated heterocycles. The molecule has 6 heteroatoms. The zero-order valence-corrected chi connectivity index (χ0v) is 12.8. The van der Waals surface area contributed by atoms with Crippen molar-refractivity contribution in [3.05, 3.63) is 28.5 Å². The van der Waals surface area contributed by atoms with Crippen LogP contribution in [0.4, 0.5) is 0 Å². The third kappa shape index (κ3) is 4.31. The Balaban J connectivity index is 2.91. The lowest BCUT2D eigenvalue weighted by Crippen LogP contribution is -2.56. The number of halogens is 1. The van der Waals surface area contributed by atoms with Gasteiger partial charge >= 0.3 is 0 Å². The van der Waals surface area contributed by atoms with Gasteiger partial charge in [-0.15, -0.1) is 0 Å². The second kappa shape index (κ2) is 6.14. The molecule has 0 spiro atoms. The number of carbonyl (C=O) groups is 2. The van der Waals surface area contributed by atoms with Crippen molar-refractivity contribution < 1.29 is 9.59 Å². The number of amides is 2. The van der Waals surface area contributed by atoms with Crippen LogP contribution in [0.25, 0.3) is 0 Å². The van der Waals surface area contributed by atoms with Crippen molar-refractivity contribution in [3.8, 4) is 0 Å². The van der Waals surface area contributed by atoms with E-state index < -0.39 is 11.4 Å². The monoisotopic (exact) mass is 327 g/mol. The summed E-state index contributed by atoms with van der Waals surface area (Å²) in [5, 5.41) is 2.69. The van der Waals surface area contributed by atoms with Gasteiger partial charge in [0.25, 0.3) is 5.91 Å². The van der Waals surface area contributed by atoms with Crippen molar-refractivity contribution in [3.63, 3.8) is 0 Å². The van der Waals surface area contributed by atoms with Gasteiger partial charge in [0, 0.05) is 16.9 Å². The molecule has 0 bridgehead atoms.